The van der Waals surface area contributed by atoms with E-state index in [4.69, 9.17) is 34.8 Å². The normalized spacial score (nSPS) is 11.8. The minimum absolute atomic E-state index is 0.179. The molecule has 22 heavy (non-hydrogen) atoms. The topological polar surface area (TPSA) is 44.0 Å². The molecule has 0 fully saturated rings. The van der Waals surface area contributed by atoms with E-state index in [0.29, 0.717) is 5.69 Å². The summed E-state index contributed by atoms with van der Waals surface area (Å²) < 4.78 is 2.46. The van der Waals surface area contributed by atoms with Gasteiger partial charge >= 0.3 is 5.69 Å². The lowest BCUT2D eigenvalue weighted by molar-refractivity contribution is 0.516. The van der Waals surface area contributed by atoms with Crippen LogP contribution in [0.1, 0.15) is 26.5 Å². The highest BCUT2D eigenvalue weighted by molar-refractivity contribution is 6.48. The van der Waals surface area contributed by atoms with Gasteiger partial charge in [0.15, 0.2) is 0 Å². The van der Waals surface area contributed by atoms with Crippen molar-refractivity contribution in [1.29, 1.82) is 0 Å². The van der Waals surface area contributed by atoms with Gasteiger partial charge in [0.05, 0.1) is 20.8 Å². The Morgan fingerprint density at radius 1 is 0.955 bits per heavy atom. The predicted molar refractivity (Wildman–Crippen MR) is 91.0 cm³/mol. The van der Waals surface area contributed by atoms with Crippen LogP contribution in [0, 0.1) is 0 Å². The minimum Gasteiger partial charge on any atom is -0.300 e. The van der Waals surface area contributed by atoms with Crippen LogP contribution >= 0.6 is 34.8 Å². The lowest BCUT2D eigenvalue weighted by atomic mass is 9.91. The van der Waals surface area contributed by atoms with Crippen molar-refractivity contribution in [3.05, 3.63) is 59.8 Å². The second kappa shape index (κ2) is 5.76. The zero-order valence-electron chi connectivity index (χ0n) is 12.6. The molecule has 0 atom stereocenters. The molecule has 2 aromatic rings. The Morgan fingerprint density at radius 2 is 1.45 bits per heavy atom. The van der Waals surface area contributed by atoms with E-state index in [2.05, 4.69) is 0 Å². The van der Waals surface area contributed by atoms with Gasteiger partial charge in [-0.2, -0.15) is 0 Å². The van der Waals surface area contributed by atoms with Crippen LogP contribution in [-0.2, 0) is 12.5 Å². The average molecular weight is 362 g/mol. The molecule has 0 saturated heterocycles. The molecule has 0 spiro atoms. The van der Waals surface area contributed by atoms with Gasteiger partial charge in [0.1, 0.15) is 0 Å². The van der Waals surface area contributed by atoms with E-state index in [1.807, 2.05) is 20.8 Å². The lowest BCUT2D eigenvalue weighted by Gasteiger charge is -2.22. The average Bonchev–Trinajstić information content (AvgIpc) is 2.39. The second-order valence-electron chi connectivity index (χ2n) is 6.02. The number of aromatic nitrogens is 2. The molecule has 2 rings (SSSR count). The fourth-order valence-corrected chi connectivity index (χ4v) is 2.84. The first-order chi connectivity index (χ1) is 10.0. The highest BCUT2D eigenvalue weighted by Crippen LogP contribution is 2.32. The Morgan fingerprint density at radius 3 is 1.91 bits per heavy atom. The van der Waals surface area contributed by atoms with Crippen LogP contribution in [0.2, 0.25) is 15.1 Å². The van der Waals surface area contributed by atoms with Crippen LogP contribution < -0.4 is 11.2 Å². The Kier molecular flexibility index (Phi) is 4.49. The van der Waals surface area contributed by atoms with Gasteiger partial charge in [-0.25, -0.2) is 9.36 Å². The van der Waals surface area contributed by atoms with Gasteiger partial charge in [0, 0.05) is 24.2 Å². The maximum Gasteiger partial charge on any atom is 0.335 e. The molecule has 0 aliphatic heterocycles. The van der Waals surface area contributed by atoms with Crippen molar-refractivity contribution in [1.82, 2.24) is 9.13 Å². The Balaban J connectivity index is 2.82. The molecule has 1 aromatic heterocycles. The van der Waals surface area contributed by atoms with Gasteiger partial charge in [0.2, 0.25) is 0 Å². The number of hydrogen-bond donors (Lipinski definition) is 0. The molecule has 0 aliphatic rings. The van der Waals surface area contributed by atoms with Gasteiger partial charge in [-0.15, -0.1) is 0 Å². The Bertz CT molecular complexity index is 838. The Hall–Kier alpha value is -1.23. The molecule has 0 aliphatic carbocycles. The summed E-state index contributed by atoms with van der Waals surface area (Å²) in [5.74, 6) is 0. The van der Waals surface area contributed by atoms with Crippen LogP contribution in [0.25, 0.3) is 5.69 Å². The summed E-state index contributed by atoms with van der Waals surface area (Å²) in [7, 11) is 1.62. The standard InChI is InChI=1S/C15H15Cl3N2O2/c1-15(2,3)11-7-12(21)20(14(22)19(11)4)8-5-9(16)13(18)10(17)6-8/h5-7H,1-4H3. The van der Waals surface area contributed by atoms with E-state index in [-0.39, 0.29) is 26.2 Å². The largest absolute Gasteiger partial charge is 0.335 e. The fourth-order valence-electron chi connectivity index (χ4n) is 2.25. The molecule has 1 aromatic carbocycles. The van der Waals surface area contributed by atoms with Crippen molar-refractivity contribution in [3.8, 4) is 5.69 Å². The van der Waals surface area contributed by atoms with E-state index in [9.17, 15) is 9.59 Å². The maximum absolute atomic E-state index is 12.6. The minimum atomic E-state index is -0.466. The molecule has 0 radical (unpaired) electrons. The number of rotatable bonds is 1. The van der Waals surface area contributed by atoms with Crippen molar-refractivity contribution < 1.29 is 0 Å². The zero-order chi connectivity index (χ0) is 16.8. The molecule has 0 N–H and O–H groups in total. The van der Waals surface area contributed by atoms with E-state index < -0.39 is 11.2 Å². The zero-order valence-corrected chi connectivity index (χ0v) is 14.8. The summed E-state index contributed by atoms with van der Waals surface area (Å²) in [6.45, 7) is 5.80. The molecular weight excluding hydrogens is 347 g/mol. The smallest absolute Gasteiger partial charge is 0.300 e. The van der Waals surface area contributed by atoms with Crippen molar-refractivity contribution >= 4 is 34.8 Å². The molecule has 0 amide bonds. The molecule has 0 saturated carbocycles. The second-order valence-corrected chi connectivity index (χ2v) is 7.21. The summed E-state index contributed by atoms with van der Waals surface area (Å²) in [6, 6.07) is 4.32. The molecular formula is C15H15Cl3N2O2. The van der Waals surface area contributed by atoms with E-state index in [1.54, 1.807) is 7.05 Å². The van der Waals surface area contributed by atoms with Gasteiger partial charge < -0.3 is 0 Å². The predicted octanol–water partition coefficient (Wildman–Crippen LogP) is 3.79. The van der Waals surface area contributed by atoms with E-state index in [0.717, 1.165) is 4.57 Å². The summed E-state index contributed by atoms with van der Waals surface area (Å²) in [6.07, 6.45) is 0. The maximum atomic E-state index is 12.6. The van der Waals surface area contributed by atoms with E-state index in [1.165, 1.54) is 22.8 Å². The van der Waals surface area contributed by atoms with Crippen molar-refractivity contribution in [3.63, 3.8) is 0 Å². The van der Waals surface area contributed by atoms with Gasteiger partial charge in [0.25, 0.3) is 5.56 Å². The fraction of sp³-hybridized carbons (Fsp3) is 0.333. The Labute approximate surface area is 142 Å². The number of nitrogens with zero attached hydrogens (tertiary/aromatic N) is 2. The van der Waals surface area contributed by atoms with Crippen molar-refractivity contribution in [2.75, 3.05) is 0 Å². The van der Waals surface area contributed by atoms with Crippen molar-refractivity contribution in [2.24, 2.45) is 7.05 Å². The number of hydrogen-bond acceptors (Lipinski definition) is 2. The van der Waals surface area contributed by atoms with Gasteiger partial charge in [-0.05, 0) is 12.1 Å². The van der Waals surface area contributed by atoms with Crippen molar-refractivity contribution in [2.45, 2.75) is 26.2 Å². The van der Waals surface area contributed by atoms with Crippen LogP contribution in [0.4, 0.5) is 0 Å². The number of benzene rings is 1. The molecule has 7 heteroatoms. The summed E-state index contributed by atoms with van der Waals surface area (Å²) in [5.41, 5.74) is -0.314. The van der Waals surface area contributed by atoms with Crippen LogP contribution in [0.15, 0.2) is 27.8 Å². The molecule has 1 heterocycles. The van der Waals surface area contributed by atoms with Crippen LogP contribution in [0.3, 0.4) is 0 Å². The summed E-state index contributed by atoms with van der Waals surface area (Å²) in [5, 5.41) is 0.541. The first kappa shape index (κ1) is 17.1. The summed E-state index contributed by atoms with van der Waals surface area (Å²) in [4.78, 5) is 25.0. The molecule has 0 bridgehead atoms. The first-order valence-corrected chi connectivity index (χ1v) is 7.66. The highest BCUT2D eigenvalue weighted by Gasteiger charge is 2.21. The number of halogens is 3. The van der Waals surface area contributed by atoms with Gasteiger partial charge in [-0.3, -0.25) is 9.36 Å². The molecule has 4 nitrogen and oxygen atoms in total. The molecule has 118 valence electrons. The third-order valence-corrected chi connectivity index (χ3v) is 4.51. The highest BCUT2D eigenvalue weighted by atomic mass is 35.5. The SMILES string of the molecule is Cn1c(C(C)(C)C)cc(=O)n(-c2cc(Cl)c(Cl)c(Cl)c2)c1=O. The third-order valence-electron chi connectivity index (χ3n) is 3.32. The monoisotopic (exact) mass is 360 g/mol. The summed E-state index contributed by atoms with van der Waals surface area (Å²) >= 11 is 17.9. The van der Waals surface area contributed by atoms with Crippen LogP contribution in [0.5, 0.6) is 0 Å². The van der Waals surface area contributed by atoms with Crippen LogP contribution in [-0.4, -0.2) is 9.13 Å². The van der Waals surface area contributed by atoms with E-state index >= 15 is 0 Å². The lowest BCUT2D eigenvalue weighted by Crippen LogP contribution is -2.41. The third kappa shape index (κ3) is 2.96. The van der Waals surface area contributed by atoms with Gasteiger partial charge in [-0.1, -0.05) is 55.6 Å². The molecule has 0 unspecified atom stereocenters. The quantitative estimate of drug-likeness (QED) is 0.725. The first-order valence-electron chi connectivity index (χ1n) is 6.52.